The number of nitrogens with one attached hydrogen (secondary N) is 1. The van der Waals surface area contributed by atoms with Crippen molar-refractivity contribution in [2.45, 2.75) is 26.9 Å². The number of benzene rings is 2. The average molecular weight is 441 g/mol. The number of aromatic amines is 1. The van der Waals surface area contributed by atoms with Gasteiger partial charge < -0.3 is 9.84 Å². The van der Waals surface area contributed by atoms with Crippen molar-refractivity contribution in [1.82, 2.24) is 30.0 Å². The molecule has 8 nitrogen and oxygen atoms in total. The number of aliphatic hydroxyl groups is 1. The average Bonchev–Trinajstić information content (AvgIpc) is 3.50. The summed E-state index contributed by atoms with van der Waals surface area (Å²) in [5.41, 5.74) is 6.96. The van der Waals surface area contributed by atoms with Crippen molar-refractivity contribution in [3.8, 4) is 28.4 Å². The summed E-state index contributed by atoms with van der Waals surface area (Å²) >= 11 is 0. The van der Waals surface area contributed by atoms with Crippen LogP contribution in [0.4, 0.5) is 0 Å². The molecule has 8 heteroatoms. The molecule has 5 aromatic rings. The Bertz CT molecular complexity index is 1410. The summed E-state index contributed by atoms with van der Waals surface area (Å²) in [6.45, 7) is 6.44. The summed E-state index contributed by atoms with van der Waals surface area (Å²) in [6.07, 6.45) is 0.933. The van der Waals surface area contributed by atoms with Crippen molar-refractivity contribution in [2.75, 3.05) is 6.61 Å². The zero-order valence-corrected chi connectivity index (χ0v) is 18.6. The normalized spacial score (nSPS) is 12.2. The SMILES string of the molecule is CCOc1cn2c(C(O)c3ccc(-c4ccccc4)c(-c4nn[nH]n4)c3)c(C)cc(C)c2n1. The molecule has 3 heterocycles. The van der Waals surface area contributed by atoms with Gasteiger partial charge in [-0.05, 0) is 59.9 Å². The number of rotatable bonds is 6. The molecule has 3 aromatic heterocycles. The number of hydrogen-bond acceptors (Lipinski definition) is 6. The standard InChI is InChI=1S/C25H24N6O2/c1-4-33-21-14-31-22(15(2)12-16(3)25(31)26-21)23(32)18-10-11-19(17-8-6-5-7-9-17)20(13-18)24-27-29-30-28-24/h5-14,23,32H,4H2,1-3H3,(H,27,28,29,30). The highest BCUT2D eigenvalue weighted by Crippen LogP contribution is 2.35. The van der Waals surface area contributed by atoms with Gasteiger partial charge in [0.1, 0.15) is 11.8 Å². The van der Waals surface area contributed by atoms with E-state index >= 15 is 0 Å². The largest absolute Gasteiger partial charge is 0.477 e. The van der Waals surface area contributed by atoms with Crippen LogP contribution in [0.2, 0.25) is 0 Å². The fourth-order valence-corrected chi connectivity index (χ4v) is 4.26. The highest BCUT2D eigenvalue weighted by Gasteiger charge is 2.22. The van der Waals surface area contributed by atoms with Crippen LogP contribution in [0.3, 0.4) is 0 Å². The minimum absolute atomic E-state index is 0.468. The molecule has 5 rings (SSSR count). The first-order valence-corrected chi connectivity index (χ1v) is 10.8. The maximum absolute atomic E-state index is 11.5. The summed E-state index contributed by atoms with van der Waals surface area (Å²) in [5, 5.41) is 26.2. The van der Waals surface area contributed by atoms with Crippen LogP contribution in [-0.4, -0.2) is 41.7 Å². The number of nitrogens with zero attached hydrogens (tertiary/aromatic N) is 5. The Morgan fingerprint density at radius 2 is 1.85 bits per heavy atom. The summed E-state index contributed by atoms with van der Waals surface area (Å²) in [4.78, 5) is 4.59. The molecule has 0 radical (unpaired) electrons. The van der Waals surface area contributed by atoms with Crippen LogP contribution in [0, 0.1) is 13.8 Å². The molecule has 0 bridgehead atoms. The number of H-pyrrole nitrogens is 1. The van der Waals surface area contributed by atoms with Crippen molar-refractivity contribution in [3.63, 3.8) is 0 Å². The molecule has 1 unspecified atom stereocenters. The molecule has 0 saturated heterocycles. The molecule has 1 atom stereocenters. The topological polar surface area (TPSA) is 101 Å². The number of pyridine rings is 1. The van der Waals surface area contributed by atoms with E-state index in [1.807, 2.05) is 86.0 Å². The molecule has 0 aliphatic rings. The molecular formula is C25H24N6O2. The van der Waals surface area contributed by atoms with E-state index < -0.39 is 6.10 Å². The quantitative estimate of drug-likeness (QED) is 0.409. The fourth-order valence-electron chi connectivity index (χ4n) is 4.26. The van der Waals surface area contributed by atoms with E-state index in [0.717, 1.165) is 44.7 Å². The van der Waals surface area contributed by atoms with E-state index in [2.05, 4.69) is 25.6 Å². The number of aliphatic hydroxyl groups excluding tert-OH is 1. The maximum atomic E-state index is 11.5. The lowest BCUT2D eigenvalue weighted by Crippen LogP contribution is -2.09. The van der Waals surface area contributed by atoms with E-state index in [1.165, 1.54) is 0 Å². The third kappa shape index (κ3) is 3.74. The van der Waals surface area contributed by atoms with Crippen molar-refractivity contribution in [2.24, 2.45) is 0 Å². The zero-order chi connectivity index (χ0) is 22.9. The van der Waals surface area contributed by atoms with E-state index in [9.17, 15) is 5.11 Å². The van der Waals surface area contributed by atoms with Gasteiger partial charge in [-0.1, -0.05) is 48.5 Å². The summed E-state index contributed by atoms with van der Waals surface area (Å²) < 4.78 is 7.53. The number of imidazole rings is 1. The predicted octanol–water partition coefficient (Wildman–Crippen LogP) is 4.28. The van der Waals surface area contributed by atoms with Gasteiger partial charge >= 0.3 is 0 Å². The number of fused-ring (bicyclic) bond motifs is 1. The third-order valence-corrected chi connectivity index (χ3v) is 5.71. The highest BCUT2D eigenvalue weighted by atomic mass is 16.5. The molecule has 0 saturated carbocycles. The first-order valence-electron chi connectivity index (χ1n) is 10.8. The van der Waals surface area contributed by atoms with Crippen LogP contribution in [0.5, 0.6) is 5.88 Å². The molecular weight excluding hydrogens is 416 g/mol. The minimum Gasteiger partial charge on any atom is -0.477 e. The molecule has 2 N–H and O–H groups in total. The second-order valence-electron chi connectivity index (χ2n) is 7.91. The first-order chi connectivity index (χ1) is 16.1. The van der Waals surface area contributed by atoms with Crippen LogP contribution in [0.25, 0.3) is 28.2 Å². The van der Waals surface area contributed by atoms with Crippen LogP contribution in [0.1, 0.15) is 35.4 Å². The zero-order valence-electron chi connectivity index (χ0n) is 18.6. The number of tetrazole rings is 1. The second kappa shape index (κ2) is 8.48. The first kappa shape index (κ1) is 20.8. The number of aromatic nitrogens is 6. The van der Waals surface area contributed by atoms with Crippen molar-refractivity contribution >= 4 is 5.65 Å². The molecule has 0 aliphatic carbocycles. The molecule has 2 aromatic carbocycles. The Balaban J connectivity index is 1.66. The molecule has 0 aliphatic heterocycles. The van der Waals surface area contributed by atoms with Gasteiger partial charge in [-0.2, -0.15) is 10.2 Å². The Hall–Kier alpha value is -4.04. The van der Waals surface area contributed by atoms with Gasteiger partial charge in [0.05, 0.1) is 18.5 Å². The third-order valence-electron chi connectivity index (χ3n) is 5.71. The molecule has 0 fully saturated rings. The molecule has 0 spiro atoms. The Labute approximate surface area is 190 Å². The number of aryl methyl sites for hydroxylation is 2. The maximum Gasteiger partial charge on any atom is 0.232 e. The highest BCUT2D eigenvalue weighted by molar-refractivity contribution is 5.81. The van der Waals surface area contributed by atoms with Gasteiger partial charge in [0.25, 0.3) is 0 Å². The lowest BCUT2D eigenvalue weighted by atomic mass is 9.93. The van der Waals surface area contributed by atoms with Crippen LogP contribution >= 0.6 is 0 Å². The van der Waals surface area contributed by atoms with E-state index in [1.54, 1.807) is 0 Å². The Morgan fingerprint density at radius 3 is 2.58 bits per heavy atom. The minimum atomic E-state index is -0.896. The van der Waals surface area contributed by atoms with Gasteiger partial charge in [-0.3, -0.25) is 4.40 Å². The van der Waals surface area contributed by atoms with Crippen LogP contribution < -0.4 is 4.74 Å². The summed E-state index contributed by atoms with van der Waals surface area (Å²) in [7, 11) is 0. The smallest absolute Gasteiger partial charge is 0.232 e. The van der Waals surface area contributed by atoms with Gasteiger partial charge in [0, 0.05) is 5.56 Å². The summed E-state index contributed by atoms with van der Waals surface area (Å²) in [5.74, 6) is 1.00. The van der Waals surface area contributed by atoms with E-state index in [-0.39, 0.29) is 0 Å². The van der Waals surface area contributed by atoms with Crippen molar-refractivity contribution < 1.29 is 9.84 Å². The number of ether oxygens (including phenoxy) is 1. The summed E-state index contributed by atoms with van der Waals surface area (Å²) in [6, 6.07) is 17.9. The van der Waals surface area contributed by atoms with Gasteiger partial charge in [0.2, 0.25) is 11.7 Å². The van der Waals surface area contributed by atoms with E-state index in [0.29, 0.717) is 18.3 Å². The van der Waals surface area contributed by atoms with Crippen LogP contribution in [0.15, 0.2) is 60.8 Å². The Kier molecular flexibility index (Phi) is 5.35. The van der Waals surface area contributed by atoms with E-state index in [4.69, 9.17) is 4.74 Å². The van der Waals surface area contributed by atoms with Crippen molar-refractivity contribution in [3.05, 3.63) is 83.2 Å². The molecule has 33 heavy (non-hydrogen) atoms. The second-order valence-corrected chi connectivity index (χ2v) is 7.91. The van der Waals surface area contributed by atoms with Crippen LogP contribution in [-0.2, 0) is 0 Å². The van der Waals surface area contributed by atoms with Gasteiger partial charge in [-0.15, -0.1) is 10.2 Å². The van der Waals surface area contributed by atoms with Gasteiger partial charge in [0.15, 0.2) is 0 Å². The monoisotopic (exact) mass is 440 g/mol. The molecule has 166 valence electrons. The van der Waals surface area contributed by atoms with Crippen molar-refractivity contribution in [1.29, 1.82) is 0 Å². The predicted molar refractivity (Wildman–Crippen MR) is 125 cm³/mol. The fraction of sp³-hybridized carbons (Fsp3) is 0.200. The molecule has 0 amide bonds. The lowest BCUT2D eigenvalue weighted by Gasteiger charge is -2.19. The van der Waals surface area contributed by atoms with Gasteiger partial charge in [-0.25, -0.2) is 0 Å². The lowest BCUT2D eigenvalue weighted by molar-refractivity contribution is 0.213. The number of hydrogen-bond donors (Lipinski definition) is 2. The Morgan fingerprint density at radius 1 is 1.03 bits per heavy atom.